The second kappa shape index (κ2) is 2.97. The van der Waals surface area contributed by atoms with Gasteiger partial charge < -0.3 is 9.53 Å². The van der Waals surface area contributed by atoms with Crippen molar-refractivity contribution < 1.29 is 9.53 Å². The molecule has 0 amide bonds. The molecule has 0 aliphatic rings. The van der Waals surface area contributed by atoms with E-state index in [0.717, 1.165) is 6.29 Å². The van der Waals surface area contributed by atoms with Gasteiger partial charge in [0.15, 0.2) is 0 Å². The standard InChI is InChI=1S/C7H14O2/c1-7(2,3)6(5-8)9-4/h5-6H,1-4H3. The van der Waals surface area contributed by atoms with Gasteiger partial charge in [-0.15, -0.1) is 0 Å². The summed E-state index contributed by atoms with van der Waals surface area (Å²) >= 11 is 0. The van der Waals surface area contributed by atoms with E-state index in [1.54, 1.807) is 7.11 Å². The Balaban J connectivity index is 3.94. The second-order valence-electron chi connectivity index (χ2n) is 3.16. The Bertz CT molecular complexity index is 91.6. The van der Waals surface area contributed by atoms with E-state index in [9.17, 15) is 4.79 Å². The highest BCUT2D eigenvalue weighted by Gasteiger charge is 2.22. The number of hydrogen-bond donors (Lipinski definition) is 0. The monoisotopic (exact) mass is 130 g/mol. The maximum Gasteiger partial charge on any atom is 0.149 e. The molecule has 0 aliphatic carbocycles. The van der Waals surface area contributed by atoms with Crippen molar-refractivity contribution in [2.75, 3.05) is 7.11 Å². The summed E-state index contributed by atoms with van der Waals surface area (Å²) in [7, 11) is 1.55. The molecule has 0 bridgehead atoms. The Kier molecular flexibility index (Phi) is 2.85. The molecule has 0 rings (SSSR count). The number of carbonyl (C=O) groups excluding carboxylic acids is 1. The summed E-state index contributed by atoms with van der Waals surface area (Å²) in [5.41, 5.74) is -0.0729. The van der Waals surface area contributed by atoms with E-state index in [4.69, 9.17) is 4.74 Å². The van der Waals surface area contributed by atoms with Crippen LogP contribution in [-0.2, 0) is 9.53 Å². The number of rotatable bonds is 2. The summed E-state index contributed by atoms with van der Waals surface area (Å²) in [6.07, 6.45) is 0.553. The van der Waals surface area contributed by atoms with Crippen molar-refractivity contribution in [1.29, 1.82) is 0 Å². The number of ether oxygens (including phenoxy) is 1. The van der Waals surface area contributed by atoms with Crippen LogP contribution in [0.3, 0.4) is 0 Å². The van der Waals surface area contributed by atoms with E-state index < -0.39 is 0 Å². The van der Waals surface area contributed by atoms with Gasteiger partial charge in [0.25, 0.3) is 0 Å². The second-order valence-corrected chi connectivity index (χ2v) is 3.16. The summed E-state index contributed by atoms with van der Waals surface area (Å²) in [5.74, 6) is 0. The summed E-state index contributed by atoms with van der Waals surface area (Å²) in [4.78, 5) is 10.3. The van der Waals surface area contributed by atoms with E-state index in [1.807, 2.05) is 20.8 Å². The van der Waals surface area contributed by atoms with Crippen molar-refractivity contribution in [2.24, 2.45) is 5.41 Å². The van der Waals surface area contributed by atoms with Crippen molar-refractivity contribution in [2.45, 2.75) is 26.9 Å². The average Bonchev–Trinajstić information content (AvgIpc) is 1.65. The van der Waals surface area contributed by atoms with Crippen LogP contribution in [0.4, 0.5) is 0 Å². The first-order valence-corrected chi connectivity index (χ1v) is 3.00. The van der Waals surface area contributed by atoms with E-state index in [0.29, 0.717) is 0 Å². The molecule has 0 aliphatic heterocycles. The predicted octanol–water partition coefficient (Wildman–Crippen LogP) is 1.25. The van der Waals surface area contributed by atoms with Gasteiger partial charge in [0, 0.05) is 7.11 Å². The van der Waals surface area contributed by atoms with Crippen LogP contribution >= 0.6 is 0 Å². The molecule has 0 spiro atoms. The first-order valence-electron chi connectivity index (χ1n) is 3.00. The fourth-order valence-electron chi connectivity index (χ4n) is 0.613. The number of hydrogen-bond acceptors (Lipinski definition) is 2. The van der Waals surface area contributed by atoms with Gasteiger partial charge >= 0.3 is 0 Å². The van der Waals surface area contributed by atoms with Crippen LogP contribution in [0, 0.1) is 5.41 Å². The van der Waals surface area contributed by atoms with Crippen LogP contribution in [-0.4, -0.2) is 19.5 Å². The van der Waals surface area contributed by atoms with Crippen molar-refractivity contribution in [1.82, 2.24) is 0 Å². The minimum Gasteiger partial charge on any atom is -0.373 e. The quantitative estimate of drug-likeness (QED) is 0.526. The predicted molar refractivity (Wildman–Crippen MR) is 36.3 cm³/mol. The highest BCUT2D eigenvalue weighted by Crippen LogP contribution is 2.19. The van der Waals surface area contributed by atoms with Crippen LogP contribution in [0.1, 0.15) is 20.8 Å². The molecule has 2 heteroatoms. The van der Waals surface area contributed by atoms with Crippen LogP contribution in [0.25, 0.3) is 0 Å². The fourth-order valence-corrected chi connectivity index (χ4v) is 0.613. The smallest absolute Gasteiger partial charge is 0.149 e. The van der Waals surface area contributed by atoms with Crippen LogP contribution in [0.5, 0.6) is 0 Å². The number of methoxy groups -OCH3 is 1. The molecule has 1 unspecified atom stereocenters. The molecule has 0 aromatic rings. The van der Waals surface area contributed by atoms with E-state index in [-0.39, 0.29) is 11.5 Å². The van der Waals surface area contributed by atoms with E-state index in [2.05, 4.69) is 0 Å². The molecule has 2 nitrogen and oxygen atoms in total. The molecule has 0 saturated heterocycles. The zero-order valence-electron chi connectivity index (χ0n) is 6.47. The Morgan fingerprint density at radius 2 is 1.89 bits per heavy atom. The maximum absolute atomic E-state index is 10.3. The van der Waals surface area contributed by atoms with Gasteiger partial charge in [-0.2, -0.15) is 0 Å². The van der Waals surface area contributed by atoms with Crippen LogP contribution in [0.15, 0.2) is 0 Å². The maximum atomic E-state index is 10.3. The summed E-state index contributed by atoms with van der Waals surface area (Å²) in [5, 5.41) is 0. The highest BCUT2D eigenvalue weighted by molar-refractivity contribution is 5.57. The summed E-state index contributed by atoms with van der Waals surface area (Å²) in [6, 6.07) is 0. The van der Waals surface area contributed by atoms with Crippen molar-refractivity contribution in [3.05, 3.63) is 0 Å². The minimum atomic E-state index is -0.280. The van der Waals surface area contributed by atoms with Crippen LogP contribution < -0.4 is 0 Å². The van der Waals surface area contributed by atoms with Crippen molar-refractivity contribution >= 4 is 6.29 Å². The molecule has 54 valence electrons. The lowest BCUT2D eigenvalue weighted by Crippen LogP contribution is -2.29. The lowest BCUT2D eigenvalue weighted by molar-refractivity contribution is -0.121. The van der Waals surface area contributed by atoms with Gasteiger partial charge in [0.2, 0.25) is 0 Å². The van der Waals surface area contributed by atoms with Gasteiger partial charge in [0.05, 0.1) is 0 Å². The Hall–Kier alpha value is -0.370. The normalized spacial score (nSPS) is 15.1. The molecular formula is C7H14O2. The lowest BCUT2D eigenvalue weighted by Gasteiger charge is -2.23. The molecule has 0 aromatic carbocycles. The third-order valence-corrected chi connectivity index (χ3v) is 1.23. The van der Waals surface area contributed by atoms with Gasteiger partial charge in [-0.3, -0.25) is 0 Å². The van der Waals surface area contributed by atoms with Crippen LogP contribution in [0.2, 0.25) is 0 Å². The molecule has 0 saturated carbocycles. The Morgan fingerprint density at radius 3 is 1.89 bits per heavy atom. The highest BCUT2D eigenvalue weighted by atomic mass is 16.5. The van der Waals surface area contributed by atoms with Gasteiger partial charge in [0.1, 0.15) is 12.4 Å². The van der Waals surface area contributed by atoms with Crippen molar-refractivity contribution in [3.63, 3.8) is 0 Å². The fraction of sp³-hybridized carbons (Fsp3) is 0.857. The third kappa shape index (κ3) is 2.61. The molecule has 9 heavy (non-hydrogen) atoms. The first kappa shape index (κ1) is 8.63. The minimum absolute atomic E-state index is 0.0729. The van der Waals surface area contributed by atoms with Gasteiger partial charge in [-0.1, -0.05) is 20.8 Å². The first-order chi connectivity index (χ1) is 4.02. The average molecular weight is 130 g/mol. The largest absolute Gasteiger partial charge is 0.373 e. The Labute approximate surface area is 56.2 Å². The molecular weight excluding hydrogens is 116 g/mol. The molecule has 0 radical (unpaired) electrons. The zero-order chi connectivity index (χ0) is 7.49. The summed E-state index contributed by atoms with van der Waals surface area (Å²) < 4.78 is 4.90. The third-order valence-electron chi connectivity index (χ3n) is 1.23. The molecule has 0 fully saturated rings. The van der Waals surface area contributed by atoms with Crippen molar-refractivity contribution in [3.8, 4) is 0 Å². The molecule has 1 atom stereocenters. The topological polar surface area (TPSA) is 26.3 Å². The molecule has 0 aromatic heterocycles. The number of carbonyl (C=O) groups is 1. The van der Waals surface area contributed by atoms with E-state index >= 15 is 0 Å². The van der Waals surface area contributed by atoms with Gasteiger partial charge in [-0.25, -0.2) is 0 Å². The molecule has 0 N–H and O–H groups in total. The van der Waals surface area contributed by atoms with E-state index in [1.165, 1.54) is 0 Å². The number of aldehydes is 1. The van der Waals surface area contributed by atoms with Gasteiger partial charge in [-0.05, 0) is 5.41 Å². The Morgan fingerprint density at radius 1 is 1.44 bits per heavy atom. The SMILES string of the molecule is COC(C=O)C(C)(C)C. The zero-order valence-corrected chi connectivity index (χ0v) is 6.47. The molecule has 0 heterocycles. The summed E-state index contributed by atoms with van der Waals surface area (Å²) in [6.45, 7) is 5.90. The lowest BCUT2D eigenvalue weighted by atomic mass is 9.90.